The van der Waals surface area contributed by atoms with E-state index in [2.05, 4.69) is 15.6 Å². The number of pyridine rings is 1. The number of hydrogen-bond donors (Lipinski definition) is 2. The van der Waals surface area contributed by atoms with Crippen molar-refractivity contribution in [3.8, 4) is 0 Å². The Morgan fingerprint density at radius 1 is 1.03 bits per heavy atom. The maximum Gasteiger partial charge on any atom is 0.332 e. The predicted molar refractivity (Wildman–Crippen MR) is 144 cm³/mol. The first-order valence-electron chi connectivity index (χ1n) is 11.1. The molecule has 0 saturated carbocycles. The molecule has 13 heteroatoms. The number of amides is 5. The van der Waals surface area contributed by atoms with Crippen molar-refractivity contribution < 1.29 is 23.2 Å². The quantitative estimate of drug-likeness (QED) is 0.230. The van der Waals surface area contributed by atoms with Gasteiger partial charge in [-0.3, -0.25) is 10.1 Å². The summed E-state index contributed by atoms with van der Waals surface area (Å²) < 4.78 is 25.3. The van der Waals surface area contributed by atoms with Crippen LogP contribution in [0.3, 0.4) is 0 Å². The first-order chi connectivity index (χ1) is 17.9. The molecule has 3 aromatic rings. The van der Waals surface area contributed by atoms with Crippen molar-refractivity contribution in [1.82, 2.24) is 9.88 Å². The molecule has 0 atom stereocenters. The van der Waals surface area contributed by atoms with E-state index in [-0.39, 0.29) is 18.1 Å². The van der Waals surface area contributed by atoms with Gasteiger partial charge in [-0.05, 0) is 74.0 Å². The highest BCUT2D eigenvalue weighted by molar-refractivity contribution is 7.99. The SMILES string of the molecule is CC1(C)C(=O)N(c2ccc(SC(F)F)cc2)C(=O)N1Cc1ccnc(NC(=O)Nc2cc(Cl)cc(Cl)c2)c1. The molecule has 1 fully saturated rings. The second-order valence-electron chi connectivity index (χ2n) is 8.73. The van der Waals surface area contributed by atoms with Crippen LogP contribution >= 0.6 is 35.0 Å². The summed E-state index contributed by atoms with van der Waals surface area (Å²) in [4.78, 5) is 45.8. The number of nitrogens with one attached hydrogen (secondary N) is 2. The Kier molecular flexibility index (Phi) is 8.10. The average molecular weight is 580 g/mol. The Balaban J connectivity index is 1.47. The highest BCUT2D eigenvalue weighted by atomic mass is 35.5. The van der Waals surface area contributed by atoms with Crippen LogP contribution in [0.25, 0.3) is 0 Å². The fourth-order valence-electron chi connectivity index (χ4n) is 3.83. The molecule has 0 bridgehead atoms. The van der Waals surface area contributed by atoms with Crippen LogP contribution in [0.5, 0.6) is 0 Å². The summed E-state index contributed by atoms with van der Waals surface area (Å²) in [7, 11) is 0. The number of alkyl halides is 2. The van der Waals surface area contributed by atoms with Crippen LogP contribution in [-0.4, -0.2) is 39.1 Å². The van der Waals surface area contributed by atoms with Gasteiger partial charge in [-0.25, -0.2) is 19.5 Å². The number of aromatic nitrogens is 1. The minimum absolute atomic E-state index is 0.0517. The Bertz CT molecular complexity index is 1370. The number of anilines is 3. The number of carbonyl (C=O) groups is 3. The number of thioether (sulfide) groups is 1. The summed E-state index contributed by atoms with van der Waals surface area (Å²) in [5.74, 6) is -2.82. The molecule has 1 aromatic heterocycles. The van der Waals surface area contributed by atoms with Crippen molar-refractivity contribution in [1.29, 1.82) is 0 Å². The second kappa shape index (κ2) is 11.1. The third-order valence-corrected chi connectivity index (χ3v) is 6.83. The number of imide groups is 1. The van der Waals surface area contributed by atoms with Gasteiger partial charge < -0.3 is 10.2 Å². The molecule has 2 aromatic carbocycles. The molecule has 8 nitrogen and oxygen atoms in total. The third kappa shape index (κ3) is 6.17. The maximum absolute atomic E-state index is 13.3. The Morgan fingerprint density at radius 3 is 2.32 bits per heavy atom. The van der Waals surface area contributed by atoms with Crippen molar-refractivity contribution in [2.45, 2.75) is 36.6 Å². The van der Waals surface area contributed by atoms with Crippen molar-refractivity contribution in [2.75, 3.05) is 15.5 Å². The van der Waals surface area contributed by atoms with Crippen LogP contribution < -0.4 is 15.5 Å². The van der Waals surface area contributed by atoms with Crippen molar-refractivity contribution in [2.24, 2.45) is 0 Å². The Morgan fingerprint density at radius 2 is 1.68 bits per heavy atom. The largest absolute Gasteiger partial charge is 0.332 e. The second-order valence-corrected chi connectivity index (χ2v) is 10.7. The van der Waals surface area contributed by atoms with E-state index in [9.17, 15) is 23.2 Å². The minimum Gasteiger partial charge on any atom is -0.308 e. The van der Waals surface area contributed by atoms with E-state index in [0.29, 0.717) is 38.0 Å². The Hall–Kier alpha value is -3.41. The number of benzene rings is 2. The molecule has 2 heterocycles. The first-order valence-corrected chi connectivity index (χ1v) is 12.8. The molecule has 0 radical (unpaired) electrons. The monoisotopic (exact) mass is 579 g/mol. The van der Waals surface area contributed by atoms with Crippen molar-refractivity contribution >= 4 is 70.1 Å². The summed E-state index contributed by atoms with van der Waals surface area (Å²) >= 11 is 12.3. The lowest BCUT2D eigenvalue weighted by molar-refractivity contribution is -0.123. The average Bonchev–Trinajstić information content (AvgIpc) is 2.98. The van der Waals surface area contributed by atoms with Crippen molar-refractivity contribution in [3.05, 3.63) is 76.4 Å². The van der Waals surface area contributed by atoms with E-state index in [1.165, 1.54) is 53.6 Å². The summed E-state index contributed by atoms with van der Waals surface area (Å²) in [6.07, 6.45) is 1.47. The first kappa shape index (κ1) is 27.6. The fourth-order valence-corrected chi connectivity index (χ4v) is 4.86. The standard InChI is InChI=1S/C25H21Cl2F2N5O3S/c1-25(2)21(35)34(18-3-5-19(6-4-18)38-22(28)29)24(37)33(25)13-14-7-8-30-20(9-14)32-23(36)31-17-11-15(26)10-16(27)12-17/h3-12,22H,13H2,1-2H3,(H2,30,31,32,36). The molecule has 5 amide bonds. The van der Waals surface area contributed by atoms with E-state index >= 15 is 0 Å². The van der Waals surface area contributed by atoms with Crippen LogP contribution in [0.2, 0.25) is 10.0 Å². The smallest absolute Gasteiger partial charge is 0.308 e. The topological polar surface area (TPSA) is 94.6 Å². The van der Waals surface area contributed by atoms with Gasteiger partial charge in [0.25, 0.3) is 11.7 Å². The molecule has 1 aliphatic heterocycles. The molecule has 1 aliphatic rings. The number of urea groups is 2. The van der Waals surface area contributed by atoms with Crippen LogP contribution in [-0.2, 0) is 11.3 Å². The number of carbonyl (C=O) groups excluding carboxylic acids is 3. The molecule has 4 rings (SSSR count). The highest BCUT2D eigenvalue weighted by Gasteiger charge is 2.51. The summed E-state index contributed by atoms with van der Waals surface area (Å²) in [6, 6.07) is 12.5. The zero-order valence-electron chi connectivity index (χ0n) is 20.0. The summed E-state index contributed by atoms with van der Waals surface area (Å²) in [5.41, 5.74) is 0.0954. The highest BCUT2D eigenvalue weighted by Crippen LogP contribution is 2.35. The van der Waals surface area contributed by atoms with Gasteiger partial charge in [0.1, 0.15) is 11.4 Å². The number of rotatable bonds is 7. The molecule has 198 valence electrons. The van der Waals surface area contributed by atoms with Crippen LogP contribution in [0, 0.1) is 0 Å². The van der Waals surface area contributed by atoms with Gasteiger partial charge in [0.15, 0.2) is 0 Å². The van der Waals surface area contributed by atoms with Gasteiger partial charge in [0.2, 0.25) is 0 Å². The maximum atomic E-state index is 13.3. The molecule has 2 N–H and O–H groups in total. The van der Waals surface area contributed by atoms with Gasteiger partial charge in [-0.2, -0.15) is 8.78 Å². The summed E-state index contributed by atoms with van der Waals surface area (Å²) in [5, 5.41) is 5.93. The third-order valence-electron chi connectivity index (χ3n) is 5.67. The molecular formula is C25H21Cl2F2N5O3S. The zero-order chi connectivity index (χ0) is 27.6. The van der Waals surface area contributed by atoms with E-state index in [4.69, 9.17) is 23.2 Å². The van der Waals surface area contributed by atoms with E-state index in [1.807, 2.05) is 0 Å². The number of hydrogen-bond acceptors (Lipinski definition) is 5. The molecular weight excluding hydrogens is 559 g/mol. The summed E-state index contributed by atoms with van der Waals surface area (Å²) in [6.45, 7) is 3.30. The molecule has 1 saturated heterocycles. The van der Waals surface area contributed by atoms with E-state index < -0.39 is 29.3 Å². The zero-order valence-corrected chi connectivity index (χ0v) is 22.4. The predicted octanol–water partition coefficient (Wildman–Crippen LogP) is 7.09. The number of nitrogens with zero attached hydrogens (tertiary/aromatic N) is 3. The van der Waals surface area contributed by atoms with E-state index in [1.54, 1.807) is 26.0 Å². The number of halogens is 4. The fraction of sp³-hybridized carbons (Fsp3) is 0.200. The van der Waals surface area contributed by atoms with Crippen molar-refractivity contribution in [3.63, 3.8) is 0 Å². The van der Waals surface area contributed by atoms with Crippen LogP contribution in [0.4, 0.5) is 35.6 Å². The van der Waals surface area contributed by atoms with Crippen LogP contribution in [0.15, 0.2) is 65.7 Å². The van der Waals surface area contributed by atoms with Gasteiger partial charge in [0.05, 0.1) is 5.69 Å². The van der Waals surface area contributed by atoms with E-state index in [0.717, 1.165) is 4.90 Å². The normalized spacial score (nSPS) is 14.8. The lowest BCUT2D eigenvalue weighted by Gasteiger charge is -2.27. The molecule has 38 heavy (non-hydrogen) atoms. The van der Waals surface area contributed by atoms with Gasteiger partial charge in [0, 0.05) is 33.4 Å². The van der Waals surface area contributed by atoms with Crippen LogP contribution in [0.1, 0.15) is 19.4 Å². The lowest BCUT2D eigenvalue weighted by atomic mass is 10.0. The minimum atomic E-state index is -2.58. The van der Waals surface area contributed by atoms with Gasteiger partial charge in [-0.1, -0.05) is 35.0 Å². The van der Waals surface area contributed by atoms with Gasteiger partial charge >= 0.3 is 12.1 Å². The van der Waals surface area contributed by atoms with Gasteiger partial charge in [-0.15, -0.1) is 0 Å². The lowest BCUT2D eigenvalue weighted by Crippen LogP contribution is -2.43. The molecule has 0 spiro atoms. The molecule has 0 unspecified atom stereocenters. The molecule has 0 aliphatic carbocycles. The Labute approximate surface area is 231 Å².